The van der Waals surface area contributed by atoms with Gasteiger partial charge in [-0.3, -0.25) is 4.72 Å². The highest BCUT2D eigenvalue weighted by Gasteiger charge is 2.27. The summed E-state index contributed by atoms with van der Waals surface area (Å²) < 4.78 is 69.0. The third kappa shape index (κ3) is 8.76. The van der Waals surface area contributed by atoms with Gasteiger partial charge in [-0.15, -0.1) is 11.8 Å². The van der Waals surface area contributed by atoms with Crippen molar-refractivity contribution in [3.05, 3.63) is 80.7 Å². The summed E-state index contributed by atoms with van der Waals surface area (Å²) in [7, 11) is -3.65. The Balaban J connectivity index is 1.72. The predicted molar refractivity (Wildman–Crippen MR) is 155 cm³/mol. The first-order valence-electron chi connectivity index (χ1n) is 12.5. The Kier molecular flexibility index (Phi) is 10.3. The topological polar surface area (TPSA) is 118 Å². The lowest BCUT2D eigenvalue weighted by Gasteiger charge is -2.22. The second kappa shape index (κ2) is 13.5. The highest BCUT2D eigenvalue weighted by Crippen LogP contribution is 2.38. The second-order valence-corrected chi connectivity index (χ2v) is 12.9. The molecular formula is C27H26Cl2F2N2O7S2. The maximum absolute atomic E-state index is 13.4. The van der Waals surface area contributed by atoms with Crippen LogP contribution in [-0.2, 0) is 21.2 Å². The zero-order valence-electron chi connectivity index (χ0n) is 22.3. The van der Waals surface area contributed by atoms with Crippen LogP contribution in [0.3, 0.4) is 0 Å². The normalized spacial score (nSPS) is 14.0. The standard InChI is InChI=1S/C27H26Cl2F2N2O7S2/c1-41-25-8-6-17(9-21(25)32-42(2,36)37)26(34)39-23(11-18-19(28)12-33(35)13-20(18)29)16-5-7-22(40-27(30)31)24(10-16)38-14-15-3-4-15/h5-10,12-13,15,23,27,32H,3-4,11,14H2,1-2H3/t23-/m0/s1. The van der Waals surface area contributed by atoms with Gasteiger partial charge in [-0.2, -0.15) is 13.5 Å². The summed E-state index contributed by atoms with van der Waals surface area (Å²) in [5, 5.41) is 11.8. The van der Waals surface area contributed by atoms with Gasteiger partial charge >= 0.3 is 12.6 Å². The molecule has 0 amide bonds. The molecule has 0 bridgehead atoms. The molecule has 1 aliphatic carbocycles. The van der Waals surface area contributed by atoms with Crippen molar-refractivity contribution in [1.29, 1.82) is 0 Å². The van der Waals surface area contributed by atoms with E-state index in [0.717, 1.165) is 31.5 Å². The second-order valence-electron chi connectivity index (χ2n) is 9.52. The van der Waals surface area contributed by atoms with Crippen LogP contribution >= 0.6 is 35.0 Å². The Bertz CT molecular complexity index is 1550. The largest absolute Gasteiger partial charge is 0.619 e. The number of esters is 1. The number of rotatable bonds is 13. The summed E-state index contributed by atoms with van der Waals surface area (Å²) in [5.74, 6) is -0.666. The Morgan fingerprint density at radius 2 is 1.83 bits per heavy atom. The molecule has 3 aromatic rings. The van der Waals surface area contributed by atoms with Crippen molar-refractivity contribution in [1.82, 2.24) is 0 Å². The van der Waals surface area contributed by atoms with Gasteiger partial charge in [0.25, 0.3) is 0 Å². The molecule has 0 aliphatic heterocycles. The van der Waals surface area contributed by atoms with E-state index < -0.39 is 28.7 Å². The van der Waals surface area contributed by atoms with E-state index in [1.807, 2.05) is 0 Å². The van der Waals surface area contributed by atoms with E-state index in [4.69, 9.17) is 32.7 Å². The zero-order valence-corrected chi connectivity index (χ0v) is 25.5. The molecule has 1 saturated carbocycles. The molecule has 9 nitrogen and oxygen atoms in total. The van der Waals surface area contributed by atoms with Crippen molar-refractivity contribution in [3.63, 3.8) is 0 Å². The minimum absolute atomic E-state index is 0.0189. The lowest BCUT2D eigenvalue weighted by molar-refractivity contribution is -0.605. The van der Waals surface area contributed by atoms with Gasteiger partial charge in [-0.1, -0.05) is 29.3 Å². The third-order valence-electron chi connectivity index (χ3n) is 6.15. The minimum Gasteiger partial charge on any atom is -0.619 e. The molecule has 0 saturated heterocycles. The molecule has 42 heavy (non-hydrogen) atoms. The number of benzene rings is 2. The maximum atomic E-state index is 13.4. The van der Waals surface area contributed by atoms with E-state index >= 15 is 0 Å². The van der Waals surface area contributed by atoms with Gasteiger partial charge < -0.3 is 19.4 Å². The fraction of sp³-hybridized carbons (Fsp3) is 0.333. The zero-order chi connectivity index (χ0) is 30.6. The number of nitrogens with one attached hydrogen (secondary N) is 1. The summed E-state index contributed by atoms with van der Waals surface area (Å²) in [5.41, 5.74) is 0.870. The van der Waals surface area contributed by atoms with Gasteiger partial charge in [0.1, 0.15) is 16.1 Å². The van der Waals surface area contributed by atoms with Crippen molar-refractivity contribution >= 4 is 56.6 Å². The number of ether oxygens (including phenoxy) is 3. The minimum atomic E-state index is -3.65. The number of anilines is 1. The fourth-order valence-corrected chi connectivity index (χ4v) is 5.74. The van der Waals surface area contributed by atoms with Gasteiger partial charge in [-0.25, -0.2) is 13.2 Å². The monoisotopic (exact) mass is 662 g/mol. The lowest BCUT2D eigenvalue weighted by Crippen LogP contribution is -2.25. The first-order chi connectivity index (χ1) is 19.8. The summed E-state index contributed by atoms with van der Waals surface area (Å²) in [4.78, 5) is 14.0. The number of thioether (sulfide) groups is 1. The summed E-state index contributed by atoms with van der Waals surface area (Å²) in [6, 6.07) is 8.55. The van der Waals surface area contributed by atoms with Crippen LogP contribution in [0.4, 0.5) is 14.5 Å². The number of pyridine rings is 1. The molecule has 2 aromatic carbocycles. The Hall–Kier alpha value is -3.00. The van der Waals surface area contributed by atoms with Crippen LogP contribution in [0.2, 0.25) is 10.0 Å². The number of hydrogen-bond acceptors (Lipinski definition) is 8. The molecular weight excluding hydrogens is 637 g/mol. The van der Waals surface area contributed by atoms with Crippen LogP contribution in [0, 0.1) is 11.1 Å². The molecule has 1 heterocycles. The molecule has 1 aliphatic rings. The van der Waals surface area contributed by atoms with E-state index in [0.29, 0.717) is 33.3 Å². The van der Waals surface area contributed by atoms with Crippen LogP contribution in [-0.4, -0.2) is 40.1 Å². The highest BCUT2D eigenvalue weighted by atomic mass is 35.5. The molecule has 226 valence electrons. The van der Waals surface area contributed by atoms with Crippen LogP contribution in [0.25, 0.3) is 0 Å². The molecule has 1 aromatic heterocycles. The molecule has 0 radical (unpaired) electrons. The number of halogens is 4. The smallest absolute Gasteiger partial charge is 0.387 e. The van der Waals surface area contributed by atoms with Gasteiger partial charge in [0.05, 0.1) is 24.1 Å². The number of carbonyl (C=O) groups excluding carboxylic acids is 1. The van der Waals surface area contributed by atoms with Gasteiger partial charge in [0.15, 0.2) is 23.9 Å². The van der Waals surface area contributed by atoms with Crippen molar-refractivity contribution in [2.45, 2.75) is 36.9 Å². The molecule has 1 fully saturated rings. The summed E-state index contributed by atoms with van der Waals surface area (Å²) in [6.45, 7) is -2.79. The summed E-state index contributed by atoms with van der Waals surface area (Å²) >= 11 is 13.9. The van der Waals surface area contributed by atoms with E-state index in [1.54, 1.807) is 12.3 Å². The number of hydrogen-bond donors (Lipinski definition) is 1. The van der Waals surface area contributed by atoms with Gasteiger partial charge in [-0.05, 0) is 60.9 Å². The molecule has 1 N–H and O–H groups in total. The molecule has 1 atom stereocenters. The maximum Gasteiger partial charge on any atom is 0.387 e. The molecule has 4 rings (SSSR count). The Labute approximate surface area is 255 Å². The van der Waals surface area contributed by atoms with E-state index in [9.17, 15) is 27.2 Å². The Morgan fingerprint density at radius 1 is 1.14 bits per heavy atom. The average Bonchev–Trinajstić information content (AvgIpc) is 3.72. The molecule has 0 unspecified atom stereocenters. The van der Waals surface area contributed by atoms with Crippen LogP contribution < -0.4 is 18.9 Å². The van der Waals surface area contributed by atoms with Crippen LogP contribution in [0.15, 0.2) is 53.7 Å². The van der Waals surface area contributed by atoms with Gasteiger partial charge in [0, 0.05) is 16.9 Å². The van der Waals surface area contributed by atoms with Crippen molar-refractivity contribution < 1.29 is 40.9 Å². The predicted octanol–water partition coefficient (Wildman–Crippen LogP) is 6.25. The van der Waals surface area contributed by atoms with Crippen LogP contribution in [0.5, 0.6) is 11.5 Å². The van der Waals surface area contributed by atoms with Gasteiger partial charge in [0.2, 0.25) is 10.0 Å². The SMILES string of the molecule is CSc1ccc(C(=O)O[C@@H](Cc2c(Cl)c[n+]([O-])cc2Cl)c2ccc(OC(F)F)c(OCC3CC3)c2)cc1NS(C)(=O)=O. The number of alkyl halides is 2. The number of sulfonamides is 1. The lowest BCUT2D eigenvalue weighted by atomic mass is 10.0. The van der Waals surface area contributed by atoms with Crippen molar-refractivity contribution in [2.24, 2.45) is 5.92 Å². The van der Waals surface area contributed by atoms with E-state index in [1.165, 1.54) is 42.1 Å². The van der Waals surface area contributed by atoms with Crippen molar-refractivity contribution in [3.8, 4) is 11.5 Å². The number of carbonyl (C=O) groups is 1. The molecule has 0 spiro atoms. The first-order valence-corrected chi connectivity index (χ1v) is 16.3. The number of aromatic nitrogens is 1. The van der Waals surface area contributed by atoms with E-state index in [-0.39, 0.29) is 39.2 Å². The highest BCUT2D eigenvalue weighted by molar-refractivity contribution is 7.99. The first kappa shape index (κ1) is 31.9. The number of nitrogens with zero attached hydrogens (tertiary/aromatic N) is 1. The third-order valence-corrected chi connectivity index (χ3v) is 8.19. The quantitative estimate of drug-likeness (QED) is 0.0988. The molecule has 15 heteroatoms. The van der Waals surface area contributed by atoms with Crippen molar-refractivity contribution in [2.75, 3.05) is 23.8 Å². The average molecular weight is 664 g/mol. The summed E-state index contributed by atoms with van der Waals surface area (Å²) in [6.07, 6.45) is 5.65. The van der Waals surface area contributed by atoms with Crippen LogP contribution in [0.1, 0.15) is 40.4 Å². The Morgan fingerprint density at radius 3 is 2.43 bits per heavy atom. The fourth-order valence-electron chi connectivity index (χ4n) is 3.97. The van der Waals surface area contributed by atoms with E-state index in [2.05, 4.69) is 9.46 Å².